The van der Waals surface area contributed by atoms with Crippen LogP contribution in [-0.4, -0.2) is 23.0 Å². The molecule has 1 amide bonds. The van der Waals surface area contributed by atoms with Crippen molar-refractivity contribution < 1.29 is 14.7 Å². The molecule has 0 bridgehead atoms. The number of amides is 1. The van der Waals surface area contributed by atoms with Crippen LogP contribution in [0.25, 0.3) is 6.08 Å². The molecule has 1 aliphatic carbocycles. The normalized spacial score (nSPS) is 25.1. The fourth-order valence-corrected chi connectivity index (χ4v) is 2.85. The summed E-state index contributed by atoms with van der Waals surface area (Å²) in [6.45, 7) is 1.69. The van der Waals surface area contributed by atoms with Gasteiger partial charge in [0.1, 0.15) is 0 Å². The first-order valence-electron chi connectivity index (χ1n) is 6.89. The number of hydrogen-bond acceptors (Lipinski definition) is 2. The Hall–Kier alpha value is -1.81. The summed E-state index contributed by atoms with van der Waals surface area (Å²) in [4.78, 5) is 23.3. The minimum absolute atomic E-state index is 0.283. The van der Waals surface area contributed by atoms with E-state index < -0.39 is 11.4 Å². The molecule has 21 heavy (non-hydrogen) atoms. The maximum Gasteiger partial charge on any atom is 0.311 e. The van der Waals surface area contributed by atoms with Crippen molar-refractivity contribution in [2.45, 2.75) is 32.2 Å². The maximum atomic E-state index is 11.9. The number of carbonyl (C=O) groups is 2. The summed E-state index contributed by atoms with van der Waals surface area (Å²) in [6, 6.07) is 6.83. The zero-order valence-electron chi connectivity index (χ0n) is 11.8. The van der Waals surface area contributed by atoms with E-state index in [-0.39, 0.29) is 11.9 Å². The SMILES string of the molecule is CC1(C(=O)O)CCCC1NC(=O)/C=C/c1cccc(Cl)c1. The lowest BCUT2D eigenvalue weighted by Gasteiger charge is -2.27. The zero-order chi connectivity index (χ0) is 15.5. The average molecular weight is 308 g/mol. The number of carbonyl (C=O) groups excluding carboxylic acids is 1. The van der Waals surface area contributed by atoms with E-state index in [1.54, 1.807) is 31.2 Å². The highest BCUT2D eigenvalue weighted by molar-refractivity contribution is 6.30. The molecule has 0 spiro atoms. The average Bonchev–Trinajstić information content (AvgIpc) is 2.79. The molecule has 2 unspecified atom stereocenters. The summed E-state index contributed by atoms with van der Waals surface area (Å²) in [5.41, 5.74) is -0.0513. The van der Waals surface area contributed by atoms with Crippen LogP contribution in [0.4, 0.5) is 0 Å². The fraction of sp³-hybridized carbons (Fsp3) is 0.375. The van der Waals surface area contributed by atoms with Crippen LogP contribution in [0.1, 0.15) is 31.7 Å². The Labute approximate surface area is 128 Å². The van der Waals surface area contributed by atoms with Gasteiger partial charge in [0.25, 0.3) is 0 Å². The van der Waals surface area contributed by atoms with E-state index in [0.717, 1.165) is 12.0 Å². The van der Waals surface area contributed by atoms with E-state index in [9.17, 15) is 14.7 Å². The molecule has 1 saturated carbocycles. The molecule has 1 aromatic rings. The van der Waals surface area contributed by atoms with Crippen LogP contribution in [-0.2, 0) is 9.59 Å². The summed E-state index contributed by atoms with van der Waals surface area (Å²) in [6.07, 6.45) is 5.16. The van der Waals surface area contributed by atoms with Gasteiger partial charge in [0.05, 0.1) is 5.41 Å². The van der Waals surface area contributed by atoms with Crippen molar-refractivity contribution >= 4 is 29.6 Å². The lowest BCUT2D eigenvalue weighted by Crippen LogP contribution is -2.46. The quantitative estimate of drug-likeness (QED) is 0.840. The second-order valence-electron chi connectivity index (χ2n) is 5.56. The number of hydrogen-bond donors (Lipinski definition) is 2. The molecule has 1 aromatic carbocycles. The van der Waals surface area contributed by atoms with E-state index in [4.69, 9.17) is 11.6 Å². The molecule has 0 aliphatic heterocycles. The van der Waals surface area contributed by atoms with Crippen molar-refractivity contribution in [3.05, 3.63) is 40.9 Å². The number of nitrogens with one attached hydrogen (secondary N) is 1. The minimum atomic E-state index is -0.875. The first-order valence-corrected chi connectivity index (χ1v) is 7.27. The number of halogens is 1. The predicted molar refractivity (Wildman–Crippen MR) is 82.0 cm³/mol. The Bertz CT molecular complexity index is 585. The monoisotopic (exact) mass is 307 g/mol. The topological polar surface area (TPSA) is 66.4 Å². The smallest absolute Gasteiger partial charge is 0.311 e. The molecule has 2 rings (SSSR count). The van der Waals surface area contributed by atoms with Crippen molar-refractivity contribution in [3.8, 4) is 0 Å². The van der Waals surface area contributed by atoms with Gasteiger partial charge >= 0.3 is 5.97 Å². The molecule has 1 aliphatic rings. The number of carboxylic acid groups (broad SMARTS) is 1. The standard InChI is InChI=1S/C16H18ClNO3/c1-16(15(20)21)9-3-6-13(16)18-14(19)8-7-11-4-2-5-12(17)10-11/h2,4-5,7-8,10,13H,3,6,9H2,1H3,(H,18,19)(H,20,21)/b8-7+. The van der Waals surface area contributed by atoms with Gasteiger partial charge in [-0.15, -0.1) is 0 Å². The third-order valence-corrected chi connectivity index (χ3v) is 4.27. The van der Waals surface area contributed by atoms with Crippen LogP contribution in [0, 0.1) is 5.41 Å². The molecule has 2 N–H and O–H groups in total. The zero-order valence-corrected chi connectivity index (χ0v) is 12.6. The molecule has 0 saturated heterocycles. The predicted octanol–water partition coefficient (Wildman–Crippen LogP) is 3.11. The van der Waals surface area contributed by atoms with Crippen LogP contribution >= 0.6 is 11.6 Å². The summed E-state index contributed by atoms with van der Waals surface area (Å²) in [7, 11) is 0. The minimum Gasteiger partial charge on any atom is -0.481 e. The number of aliphatic carboxylic acids is 1. The lowest BCUT2D eigenvalue weighted by molar-refractivity contribution is -0.148. The summed E-state index contributed by atoms with van der Waals surface area (Å²) in [5, 5.41) is 12.7. The summed E-state index contributed by atoms with van der Waals surface area (Å²) >= 11 is 5.87. The molecule has 1 fully saturated rings. The second-order valence-corrected chi connectivity index (χ2v) is 6.00. The van der Waals surface area contributed by atoms with E-state index in [1.807, 2.05) is 6.07 Å². The Morgan fingerprint density at radius 1 is 1.48 bits per heavy atom. The van der Waals surface area contributed by atoms with E-state index in [1.165, 1.54) is 6.08 Å². The fourth-order valence-electron chi connectivity index (χ4n) is 2.66. The Kier molecular flexibility index (Phi) is 4.68. The number of carboxylic acids is 1. The molecule has 5 heteroatoms. The van der Waals surface area contributed by atoms with Gasteiger partial charge in [-0.1, -0.05) is 30.2 Å². The van der Waals surface area contributed by atoms with E-state index in [0.29, 0.717) is 17.9 Å². The Morgan fingerprint density at radius 3 is 2.90 bits per heavy atom. The molecule has 112 valence electrons. The summed E-state index contributed by atoms with van der Waals surface area (Å²) < 4.78 is 0. The Balaban J connectivity index is 2.00. The highest BCUT2D eigenvalue weighted by Gasteiger charge is 2.45. The second kappa shape index (κ2) is 6.31. The first kappa shape index (κ1) is 15.6. The van der Waals surface area contributed by atoms with Crippen molar-refractivity contribution in [2.75, 3.05) is 0 Å². The van der Waals surface area contributed by atoms with Crippen molar-refractivity contribution in [1.82, 2.24) is 5.32 Å². The molecular formula is C16H18ClNO3. The Morgan fingerprint density at radius 2 is 2.24 bits per heavy atom. The van der Waals surface area contributed by atoms with Crippen molar-refractivity contribution in [3.63, 3.8) is 0 Å². The third-order valence-electron chi connectivity index (χ3n) is 4.04. The van der Waals surface area contributed by atoms with Crippen LogP contribution < -0.4 is 5.32 Å². The largest absolute Gasteiger partial charge is 0.481 e. The van der Waals surface area contributed by atoms with Gasteiger partial charge in [0, 0.05) is 17.1 Å². The van der Waals surface area contributed by atoms with Gasteiger partial charge in [-0.3, -0.25) is 9.59 Å². The van der Waals surface area contributed by atoms with Crippen molar-refractivity contribution in [1.29, 1.82) is 0 Å². The first-order chi connectivity index (χ1) is 9.91. The highest BCUT2D eigenvalue weighted by Crippen LogP contribution is 2.38. The van der Waals surface area contributed by atoms with Gasteiger partial charge in [0.2, 0.25) is 5.91 Å². The molecule has 0 heterocycles. The van der Waals surface area contributed by atoms with Gasteiger partial charge < -0.3 is 10.4 Å². The van der Waals surface area contributed by atoms with Gasteiger partial charge in [-0.05, 0) is 43.5 Å². The highest BCUT2D eigenvalue weighted by atomic mass is 35.5. The lowest BCUT2D eigenvalue weighted by atomic mass is 9.85. The third kappa shape index (κ3) is 3.64. The van der Waals surface area contributed by atoms with Gasteiger partial charge in [-0.2, -0.15) is 0 Å². The van der Waals surface area contributed by atoms with Crippen LogP contribution in [0.2, 0.25) is 5.02 Å². The van der Waals surface area contributed by atoms with Crippen LogP contribution in [0.5, 0.6) is 0 Å². The van der Waals surface area contributed by atoms with E-state index in [2.05, 4.69) is 5.32 Å². The molecule has 2 atom stereocenters. The number of rotatable bonds is 4. The molecule has 4 nitrogen and oxygen atoms in total. The van der Waals surface area contributed by atoms with Gasteiger partial charge in [0.15, 0.2) is 0 Å². The number of benzene rings is 1. The van der Waals surface area contributed by atoms with Gasteiger partial charge in [-0.25, -0.2) is 0 Å². The van der Waals surface area contributed by atoms with Crippen LogP contribution in [0.15, 0.2) is 30.3 Å². The summed E-state index contributed by atoms with van der Waals surface area (Å²) in [5.74, 6) is -1.14. The molecule has 0 aromatic heterocycles. The van der Waals surface area contributed by atoms with Crippen molar-refractivity contribution in [2.24, 2.45) is 5.41 Å². The molecule has 0 radical (unpaired) electrons. The van der Waals surface area contributed by atoms with Crippen LogP contribution in [0.3, 0.4) is 0 Å². The van der Waals surface area contributed by atoms with E-state index >= 15 is 0 Å². The molecular weight excluding hydrogens is 290 g/mol. The maximum absolute atomic E-state index is 11.9.